The van der Waals surface area contributed by atoms with Gasteiger partial charge in [0.15, 0.2) is 11.0 Å². The van der Waals surface area contributed by atoms with E-state index in [-0.39, 0.29) is 53.6 Å². The minimum Gasteiger partial charge on any atom is -0.379 e. The molecule has 350 valence electrons. The van der Waals surface area contributed by atoms with E-state index in [1.165, 1.54) is 44.7 Å². The largest absolute Gasteiger partial charge is 0.471 e. The van der Waals surface area contributed by atoms with Crippen LogP contribution in [0.25, 0.3) is 0 Å². The summed E-state index contributed by atoms with van der Waals surface area (Å²) in [5.41, 5.74) is 4.89. The zero-order valence-corrected chi connectivity index (χ0v) is 38.9. The summed E-state index contributed by atoms with van der Waals surface area (Å²) in [6.07, 6.45) is -3.36. The average molecular weight is 899 g/mol. The molecule has 3 rings (SSSR count). The molecule has 5 amide bonds. The number of methoxy groups -OCH3 is 2. The van der Waals surface area contributed by atoms with Gasteiger partial charge in [0.1, 0.15) is 0 Å². The molecule has 7 unspecified atom stereocenters. The highest BCUT2D eigenvalue weighted by molar-refractivity contribution is 7.83. The summed E-state index contributed by atoms with van der Waals surface area (Å²) in [5.74, 6) is -4.62. The molecule has 1 heterocycles. The van der Waals surface area contributed by atoms with Crippen LogP contribution in [-0.2, 0) is 49.8 Å². The van der Waals surface area contributed by atoms with Crippen molar-refractivity contribution < 1.29 is 50.8 Å². The van der Waals surface area contributed by atoms with Crippen LogP contribution in [0.15, 0.2) is 59.5 Å². The lowest BCUT2D eigenvalue weighted by molar-refractivity contribution is -0.167. The number of nitrogens with two attached hydrogens (primary N) is 1. The first kappa shape index (κ1) is 55.6. The van der Waals surface area contributed by atoms with Gasteiger partial charge >= 0.3 is 12.1 Å². The van der Waals surface area contributed by atoms with Crippen LogP contribution in [0.2, 0.25) is 0 Å². The van der Waals surface area contributed by atoms with Gasteiger partial charge in [-0.3, -0.25) is 28.7 Å². The highest BCUT2D eigenvalue weighted by atomic mass is 32.2. The number of hydrogen-bond donors (Lipinski definition) is 4. The molecule has 1 fully saturated rings. The Balaban J connectivity index is 0.00000367. The summed E-state index contributed by atoms with van der Waals surface area (Å²) in [6.45, 7) is 13.9. The number of likely N-dealkylation sites (tertiary alicyclic amines) is 1. The van der Waals surface area contributed by atoms with Crippen LogP contribution in [0, 0.1) is 11.8 Å². The van der Waals surface area contributed by atoms with E-state index in [4.69, 9.17) is 9.47 Å². The maximum Gasteiger partial charge on any atom is 0.471 e. The Labute approximate surface area is 368 Å². The minimum absolute atomic E-state index is 0.0717. The topological polar surface area (TPSA) is 189 Å². The Morgan fingerprint density at radius 2 is 1.53 bits per heavy atom. The quantitative estimate of drug-likeness (QED) is 0.137. The number of amides is 5. The standard InChI is InChI=1S/C40H56F3N5O8S.C3H8.CH5N/c1-9-25(2)35(47(6)34(51)24-44-32(49)23-39(4,5)27-14-11-10-12-15-27)31(55-7)22-33(50)48-21-13-16-30(48)36(56-8)26(3)37(52)46-57(54)29-19-17-28(18-20-29)45-38(53)40(41,42)43;1-3-2;1-2/h10-12,14-15,17-20,25-26,30-31,35-36H,9,13,16,21-24H2,1-8H3,(H,44,49)(H,45,53)(H,46,52);3H2,1-2H3;2H2,1H3. The zero-order valence-electron chi connectivity index (χ0n) is 38.1. The van der Waals surface area contributed by atoms with E-state index in [1.807, 2.05) is 58.0 Å². The molecule has 14 nitrogen and oxygen atoms in total. The van der Waals surface area contributed by atoms with Gasteiger partial charge < -0.3 is 35.6 Å². The summed E-state index contributed by atoms with van der Waals surface area (Å²) in [4.78, 5) is 68.3. The van der Waals surface area contributed by atoms with Crippen molar-refractivity contribution in [1.29, 1.82) is 0 Å². The van der Waals surface area contributed by atoms with E-state index in [0.717, 1.165) is 17.7 Å². The van der Waals surface area contributed by atoms with Crippen LogP contribution in [0.4, 0.5) is 18.9 Å². The SMILES string of the molecule is CCC.CCC(C)C(C(CC(=O)N1CCCC1C(OC)C(C)C(=O)NS(=O)c1ccc(NC(=O)C(F)(F)F)cc1)OC)N(C)C(=O)CNC(=O)CC(C)(C)c1ccccc1.CN. The third-order valence-electron chi connectivity index (χ3n) is 10.7. The number of nitrogens with zero attached hydrogens (tertiary/aromatic N) is 2. The first-order valence-corrected chi connectivity index (χ1v) is 22.0. The van der Waals surface area contributed by atoms with Crippen molar-refractivity contribution >= 4 is 46.2 Å². The minimum atomic E-state index is -5.08. The molecule has 1 aliphatic heterocycles. The van der Waals surface area contributed by atoms with E-state index in [1.54, 1.807) is 24.2 Å². The molecule has 0 aliphatic carbocycles. The predicted octanol–water partition coefficient (Wildman–Crippen LogP) is 5.72. The molecule has 7 atom stereocenters. The molecule has 0 saturated carbocycles. The van der Waals surface area contributed by atoms with Crippen LogP contribution in [0.5, 0.6) is 0 Å². The Bertz CT molecular complexity index is 1740. The third-order valence-corrected chi connectivity index (χ3v) is 11.8. The number of anilines is 1. The molecule has 0 spiro atoms. The number of benzene rings is 2. The molecule has 0 aromatic heterocycles. The highest BCUT2D eigenvalue weighted by Crippen LogP contribution is 2.30. The second-order valence-electron chi connectivity index (χ2n) is 15.8. The van der Waals surface area contributed by atoms with Gasteiger partial charge in [-0.05, 0) is 61.1 Å². The second-order valence-corrected chi connectivity index (χ2v) is 17.0. The van der Waals surface area contributed by atoms with Gasteiger partial charge in [0.25, 0.3) is 0 Å². The summed E-state index contributed by atoms with van der Waals surface area (Å²) in [7, 11) is 3.94. The number of carbonyl (C=O) groups is 5. The predicted molar refractivity (Wildman–Crippen MR) is 235 cm³/mol. The summed E-state index contributed by atoms with van der Waals surface area (Å²) >= 11 is 0. The van der Waals surface area contributed by atoms with Crippen LogP contribution in [0.1, 0.15) is 92.6 Å². The Morgan fingerprint density at radius 3 is 2.05 bits per heavy atom. The fraction of sp³-hybridized carbons (Fsp3) is 0.614. The van der Waals surface area contributed by atoms with Crippen molar-refractivity contribution in [3.63, 3.8) is 0 Å². The van der Waals surface area contributed by atoms with Crippen LogP contribution >= 0.6 is 0 Å². The molecule has 0 bridgehead atoms. The lowest BCUT2D eigenvalue weighted by Crippen LogP contribution is -2.54. The molecule has 1 aliphatic rings. The molecule has 2 aromatic carbocycles. The highest BCUT2D eigenvalue weighted by Gasteiger charge is 2.42. The van der Waals surface area contributed by atoms with Gasteiger partial charge in [0.05, 0.1) is 48.1 Å². The van der Waals surface area contributed by atoms with Gasteiger partial charge in [0, 0.05) is 39.9 Å². The first-order chi connectivity index (χ1) is 29.2. The van der Waals surface area contributed by atoms with E-state index in [2.05, 4.69) is 29.6 Å². The molecule has 2 aromatic rings. The summed E-state index contributed by atoms with van der Waals surface area (Å²) < 4.78 is 64.8. The van der Waals surface area contributed by atoms with Crippen LogP contribution in [-0.4, -0.2) is 115 Å². The number of ether oxygens (including phenoxy) is 2. The average Bonchev–Trinajstić information content (AvgIpc) is 3.73. The van der Waals surface area contributed by atoms with Gasteiger partial charge in [-0.15, -0.1) is 0 Å². The molecular weight excluding hydrogens is 830 g/mol. The fourth-order valence-corrected chi connectivity index (χ4v) is 8.06. The lowest BCUT2D eigenvalue weighted by Gasteiger charge is -2.39. The molecular formula is C44H69F3N6O8S. The summed E-state index contributed by atoms with van der Waals surface area (Å²) in [6, 6.07) is 13.3. The second kappa shape index (κ2) is 26.9. The lowest BCUT2D eigenvalue weighted by atomic mass is 9.81. The normalized spacial score (nSPS) is 16.7. The summed E-state index contributed by atoms with van der Waals surface area (Å²) in [5, 5.41) is 4.46. The number of rotatable bonds is 19. The number of hydrogen-bond acceptors (Lipinski definition) is 9. The molecule has 5 N–H and O–H groups in total. The van der Waals surface area contributed by atoms with E-state index >= 15 is 0 Å². The zero-order chi connectivity index (χ0) is 47.4. The van der Waals surface area contributed by atoms with Gasteiger partial charge in [-0.1, -0.05) is 91.6 Å². The van der Waals surface area contributed by atoms with Gasteiger partial charge in [-0.2, -0.15) is 13.2 Å². The van der Waals surface area contributed by atoms with Crippen molar-refractivity contribution in [2.45, 2.75) is 128 Å². The number of likely N-dealkylation sites (N-methyl/N-ethyl adjacent to an activating group) is 1. The first-order valence-electron chi connectivity index (χ1n) is 20.9. The van der Waals surface area contributed by atoms with Crippen molar-refractivity contribution in [3.05, 3.63) is 60.2 Å². The fourth-order valence-electron chi connectivity index (χ4n) is 7.19. The monoisotopic (exact) mass is 898 g/mol. The van der Waals surface area contributed by atoms with E-state index in [0.29, 0.717) is 25.8 Å². The molecule has 18 heteroatoms. The van der Waals surface area contributed by atoms with Crippen molar-refractivity contribution in [2.75, 3.05) is 46.7 Å². The molecule has 1 saturated heterocycles. The smallest absolute Gasteiger partial charge is 0.379 e. The number of alkyl halides is 3. The number of halogens is 3. The Hall–Kier alpha value is -4.39. The molecule has 62 heavy (non-hydrogen) atoms. The van der Waals surface area contributed by atoms with Crippen molar-refractivity contribution in [1.82, 2.24) is 19.8 Å². The Morgan fingerprint density at radius 1 is 0.952 bits per heavy atom. The van der Waals surface area contributed by atoms with E-state index < -0.39 is 64.6 Å². The van der Waals surface area contributed by atoms with Crippen LogP contribution in [0.3, 0.4) is 0 Å². The number of carbonyl (C=O) groups excluding carboxylic acids is 5. The molecule has 0 radical (unpaired) electrons. The van der Waals surface area contributed by atoms with Crippen LogP contribution < -0.4 is 21.1 Å². The van der Waals surface area contributed by atoms with Crippen molar-refractivity contribution in [2.24, 2.45) is 17.6 Å². The maximum atomic E-state index is 14.0. The van der Waals surface area contributed by atoms with Gasteiger partial charge in [0.2, 0.25) is 23.6 Å². The maximum absolute atomic E-state index is 14.0. The number of nitrogens with one attached hydrogen (secondary N) is 3. The van der Waals surface area contributed by atoms with Crippen molar-refractivity contribution in [3.8, 4) is 0 Å². The van der Waals surface area contributed by atoms with E-state index in [9.17, 15) is 41.4 Å². The Kier molecular flexibility index (Phi) is 24.2. The third kappa shape index (κ3) is 16.7. The van der Waals surface area contributed by atoms with Gasteiger partial charge in [-0.25, -0.2) is 4.21 Å².